The monoisotopic (exact) mass is 236 g/mol. The van der Waals surface area contributed by atoms with Gasteiger partial charge in [0.05, 0.1) is 4.32 Å². The van der Waals surface area contributed by atoms with Gasteiger partial charge in [-0.1, -0.05) is 28.9 Å². The van der Waals surface area contributed by atoms with E-state index in [1.807, 2.05) is 6.08 Å². The molecule has 0 N–H and O–H groups in total. The number of ether oxygens (including phenoxy) is 2. The third kappa shape index (κ3) is 2.88. The van der Waals surface area contributed by atoms with Crippen LogP contribution in [0.2, 0.25) is 0 Å². The summed E-state index contributed by atoms with van der Waals surface area (Å²) in [4.78, 5) is 0. The second-order valence-corrected chi connectivity index (χ2v) is 4.26. The van der Waals surface area contributed by atoms with E-state index in [1.54, 1.807) is 14.2 Å². The van der Waals surface area contributed by atoms with E-state index in [0.29, 0.717) is 0 Å². The quantitative estimate of drug-likeness (QED) is 0.401. The molecule has 3 heteroatoms. The van der Waals surface area contributed by atoms with E-state index >= 15 is 0 Å². The molecule has 0 heterocycles. The highest BCUT2D eigenvalue weighted by Crippen LogP contribution is 2.32. The van der Waals surface area contributed by atoms with Crippen molar-refractivity contribution < 1.29 is 9.47 Å². The van der Waals surface area contributed by atoms with E-state index in [1.165, 1.54) is 0 Å². The van der Waals surface area contributed by atoms with Crippen molar-refractivity contribution in [3.8, 4) is 0 Å². The molecule has 0 fully saturated rings. The number of allylic oxidation sites excluding steroid dienone is 1. The number of rotatable bonds is 6. The third-order valence-electron chi connectivity index (χ3n) is 1.92. The lowest BCUT2D eigenvalue weighted by Gasteiger charge is -2.31. The van der Waals surface area contributed by atoms with Gasteiger partial charge in [-0.05, 0) is 12.8 Å². The second-order valence-electron chi connectivity index (χ2n) is 2.68. The van der Waals surface area contributed by atoms with E-state index in [-0.39, 0.29) is 10.6 Å². The highest BCUT2D eigenvalue weighted by Gasteiger charge is 2.33. The minimum absolute atomic E-state index is 0.141. The molecule has 1 atom stereocenters. The Labute approximate surface area is 83.1 Å². The summed E-state index contributed by atoms with van der Waals surface area (Å²) in [6.07, 6.45) is 3.41. The Morgan fingerprint density at radius 2 is 2.00 bits per heavy atom. The van der Waals surface area contributed by atoms with Gasteiger partial charge in [0, 0.05) is 14.2 Å². The molecular weight excluding hydrogens is 220 g/mol. The van der Waals surface area contributed by atoms with Crippen LogP contribution in [0, 0.1) is 0 Å². The molecule has 0 saturated heterocycles. The van der Waals surface area contributed by atoms with Gasteiger partial charge in [0.1, 0.15) is 0 Å². The fourth-order valence-corrected chi connectivity index (χ4v) is 1.77. The molecule has 0 aromatic heterocycles. The summed E-state index contributed by atoms with van der Waals surface area (Å²) in [5.74, 6) is 0. The zero-order chi connectivity index (χ0) is 9.61. The predicted molar refractivity (Wildman–Crippen MR) is 54.6 cm³/mol. The highest BCUT2D eigenvalue weighted by atomic mass is 79.9. The molecule has 0 radical (unpaired) electrons. The zero-order valence-electron chi connectivity index (χ0n) is 7.97. The van der Waals surface area contributed by atoms with Crippen LogP contribution in [0.4, 0.5) is 0 Å². The first-order valence-electron chi connectivity index (χ1n) is 4.00. The Morgan fingerprint density at radius 3 is 2.25 bits per heavy atom. The Balaban J connectivity index is 4.34. The molecule has 12 heavy (non-hydrogen) atoms. The maximum atomic E-state index is 5.19. The van der Waals surface area contributed by atoms with Crippen LogP contribution in [0.1, 0.15) is 19.8 Å². The first-order chi connectivity index (χ1) is 5.64. The predicted octanol–water partition coefficient (Wildman–Crippen LogP) is 2.73. The molecule has 1 unspecified atom stereocenters. The van der Waals surface area contributed by atoms with Crippen molar-refractivity contribution in [1.82, 2.24) is 0 Å². The number of methoxy groups -OCH3 is 2. The molecule has 0 aromatic carbocycles. The summed E-state index contributed by atoms with van der Waals surface area (Å²) in [7, 11) is 3.28. The molecule has 0 bridgehead atoms. The Morgan fingerprint density at radius 1 is 1.50 bits per heavy atom. The molecule has 72 valence electrons. The summed E-state index contributed by atoms with van der Waals surface area (Å²) in [6, 6.07) is 0. The average Bonchev–Trinajstić information content (AvgIpc) is 2.07. The number of alkyl halides is 1. The molecule has 0 aliphatic rings. The molecule has 0 amide bonds. The molecule has 0 aromatic rings. The van der Waals surface area contributed by atoms with Crippen molar-refractivity contribution >= 4 is 15.9 Å². The van der Waals surface area contributed by atoms with Crippen molar-refractivity contribution in [3.63, 3.8) is 0 Å². The number of hydrogen-bond donors (Lipinski definition) is 0. The fourth-order valence-electron chi connectivity index (χ4n) is 1.17. The van der Waals surface area contributed by atoms with Gasteiger partial charge in [-0.25, -0.2) is 0 Å². The maximum Gasteiger partial charge on any atom is 0.172 e. The molecule has 2 nitrogen and oxygen atoms in total. The normalized spacial score (nSPS) is 16.1. The Kier molecular flexibility index (Phi) is 5.80. The lowest BCUT2D eigenvalue weighted by Crippen LogP contribution is -2.38. The van der Waals surface area contributed by atoms with Crippen molar-refractivity contribution in [3.05, 3.63) is 12.7 Å². The molecule has 0 saturated carbocycles. The van der Waals surface area contributed by atoms with E-state index in [2.05, 4.69) is 29.4 Å². The van der Waals surface area contributed by atoms with Gasteiger partial charge in [0.2, 0.25) is 0 Å². The summed E-state index contributed by atoms with van der Waals surface area (Å²) in [6.45, 7) is 5.79. The Hall–Kier alpha value is 0.140. The van der Waals surface area contributed by atoms with Gasteiger partial charge in [0.25, 0.3) is 0 Å². The van der Waals surface area contributed by atoms with Gasteiger partial charge >= 0.3 is 0 Å². The highest BCUT2D eigenvalue weighted by molar-refractivity contribution is 9.10. The van der Waals surface area contributed by atoms with Crippen molar-refractivity contribution in [2.24, 2.45) is 0 Å². The van der Waals surface area contributed by atoms with Gasteiger partial charge in [-0.2, -0.15) is 0 Å². The van der Waals surface area contributed by atoms with E-state index in [9.17, 15) is 0 Å². The molecule has 0 aliphatic carbocycles. The van der Waals surface area contributed by atoms with Gasteiger partial charge in [-0.15, -0.1) is 6.58 Å². The molecule has 0 spiro atoms. The summed E-state index contributed by atoms with van der Waals surface area (Å²) in [5, 5.41) is 0. The lowest BCUT2D eigenvalue weighted by molar-refractivity contribution is -0.123. The maximum absolute atomic E-state index is 5.19. The first kappa shape index (κ1) is 12.1. The number of hydrogen-bond acceptors (Lipinski definition) is 2. The first-order valence-corrected chi connectivity index (χ1v) is 4.79. The zero-order valence-corrected chi connectivity index (χ0v) is 9.56. The fraction of sp³-hybridized carbons (Fsp3) is 0.778. The minimum atomic E-state index is -0.222. The summed E-state index contributed by atoms with van der Waals surface area (Å²) >= 11 is 3.61. The van der Waals surface area contributed by atoms with Crippen LogP contribution in [0.3, 0.4) is 0 Å². The minimum Gasteiger partial charge on any atom is -0.354 e. The number of halogens is 1. The SMILES string of the molecule is C=CCC(Br)(CC)C(OC)OC. The van der Waals surface area contributed by atoms with Crippen molar-refractivity contribution in [1.29, 1.82) is 0 Å². The van der Waals surface area contributed by atoms with Crippen LogP contribution in [0.15, 0.2) is 12.7 Å². The summed E-state index contributed by atoms with van der Waals surface area (Å²) < 4.78 is 10.2. The van der Waals surface area contributed by atoms with Gasteiger partial charge in [0.15, 0.2) is 6.29 Å². The average molecular weight is 237 g/mol. The van der Waals surface area contributed by atoms with Crippen LogP contribution in [0.25, 0.3) is 0 Å². The Bertz CT molecular complexity index is 134. The standard InChI is InChI=1S/C9H17BrO2/c1-5-7-9(10,6-2)8(11-3)12-4/h5,8H,1,6-7H2,2-4H3. The molecular formula is C9H17BrO2. The molecule has 0 aliphatic heterocycles. The van der Waals surface area contributed by atoms with E-state index in [0.717, 1.165) is 12.8 Å². The van der Waals surface area contributed by atoms with Crippen molar-refractivity contribution in [2.45, 2.75) is 30.4 Å². The third-order valence-corrected chi connectivity index (χ3v) is 3.18. The smallest absolute Gasteiger partial charge is 0.172 e. The second kappa shape index (κ2) is 5.73. The van der Waals surface area contributed by atoms with E-state index in [4.69, 9.17) is 9.47 Å². The summed E-state index contributed by atoms with van der Waals surface area (Å²) in [5.41, 5.74) is 0. The topological polar surface area (TPSA) is 18.5 Å². The van der Waals surface area contributed by atoms with E-state index < -0.39 is 0 Å². The van der Waals surface area contributed by atoms with Gasteiger partial charge in [-0.3, -0.25) is 0 Å². The van der Waals surface area contributed by atoms with Crippen LogP contribution in [-0.2, 0) is 9.47 Å². The largest absolute Gasteiger partial charge is 0.354 e. The molecule has 0 rings (SSSR count). The van der Waals surface area contributed by atoms with Crippen LogP contribution < -0.4 is 0 Å². The van der Waals surface area contributed by atoms with Crippen LogP contribution >= 0.6 is 15.9 Å². The van der Waals surface area contributed by atoms with Gasteiger partial charge < -0.3 is 9.47 Å². The van der Waals surface area contributed by atoms with Crippen molar-refractivity contribution in [2.75, 3.05) is 14.2 Å². The van der Waals surface area contributed by atoms with Crippen LogP contribution in [-0.4, -0.2) is 24.8 Å². The van der Waals surface area contributed by atoms with Crippen LogP contribution in [0.5, 0.6) is 0 Å². The lowest BCUT2D eigenvalue weighted by atomic mass is 10.0.